The van der Waals surface area contributed by atoms with E-state index in [0.29, 0.717) is 23.1 Å². The molecule has 4 aromatic rings. The normalized spacial score (nSPS) is 16.2. The lowest BCUT2D eigenvalue weighted by Gasteiger charge is -2.39. The van der Waals surface area contributed by atoms with Crippen molar-refractivity contribution in [3.8, 4) is 11.5 Å². The maximum Gasteiger partial charge on any atom is 0.229 e. The van der Waals surface area contributed by atoms with Gasteiger partial charge in [0.25, 0.3) is 0 Å². The Morgan fingerprint density at radius 1 is 1.15 bits per heavy atom. The molecule has 33 heavy (non-hydrogen) atoms. The van der Waals surface area contributed by atoms with Gasteiger partial charge in [-0.25, -0.2) is 15.0 Å². The molecule has 0 atom stereocenters. The van der Waals surface area contributed by atoms with Crippen LogP contribution in [0.2, 0.25) is 0 Å². The van der Waals surface area contributed by atoms with Crippen molar-refractivity contribution in [3.05, 3.63) is 36.7 Å². The predicted molar refractivity (Wildman–Crippen MR) is 126 cm³/mol. The maximum atomic E-state index is 12.2. The summed E-state index contributed by atoms with van der Waals surface area (Å²) in [6, 6.07) is 7.88. The van der Waals surface area contributed by atoms with Gasteiger partial charge in [0, 0.05) is 62.0 Å². The van der Waals surface area contributed by atoms with Crippen LogP contribution in [0.5, 0.6) is 0 Å². The van der Waals surface area contributed by atoms with Crippen LogP contribution in [-0.4, -0.2) is 54.2 Å². The highest BCUT2D eigenvalue weighted by Crippen LogP contribution is 2.36. The monoisotopic (exact) mass is 444 g/mol. The molecule has 0 radical (unpaired) electrons. The van der Waals surface area contributed by atoms with E-state index < -0.39 is 0 Å². The van der Waals surface area contributed by atoms with Gasteiger partial charge in [0.05, 0.1) is 11.7 Å². The summed E-state index contributed by atoms with van der Waals surface area (Å²) in [5.74, 6) is 1.81. The third-order valence-corrected chi connectivity index (χ3v) is 6.36. The molecule has 1 aliphatic heterocycles. The average Bonchev–Trinajstić information content (AvgIpc) is 3.57. The molecule has 3 aromatic heterocycles. The second kappa shape index (κ2) is 7.70. The van der Waals surface area contributed by atoms with E-state index in [4.69, 9.17) is 14.1 Å². The first-order valence-electron chi connectivity index (χ1n) is 11.1. The van der Waals surface area contributed by atoms with Crippen LogP contribution in [0.25, 0.3) is 33.3 Å². The molecule has 0 unspecified atom stereocenters. The predicted octanol–water partition coefficient (Wildman–Crippen LogP) is 3.66. The summed E-state index contributed by atoms with van der Waals surface area (Å²) in [5, 5.41) is 7.70. The number of hydrogen-bond acceptors (Lipinski definition) is 8. The Hall–Kier alpha value is -3.72. The fraction of sp³-hybridized carbons (Fsp3) is 0.333. The smallest absolute Gasteiger partial charge is 0.229 e. The number of carbonyl (C=O) groups excluding carboxylic acids is 1. The summed E-state index contributed by atoms with van der Waals surface area (Å²) >= 11 is 0. The topological polar surface area (TPSA) is 105 Å². The van der Waals surface area contributed by atoms with Crippen LogP contribution >= 0.6 is 0 Å². The fourth-order valence-corrected chi connectivity index (χ4v) is 4.17. The summed E-state index contributed by atoms with van der Waals surface area (Å²) in [6.45, 7) is 1.74. The zero-order valence-corrected chi connectivity index (χ0v) is 18.5. The van der Waals surface area contributed by atoms with E-state index in [1.165, 1.54) is 0 Å². The molecule has 0 bridgehead atoms. The molecule has 9 nitrogen and oxygen atoms in total. The molecule has 1 saturated carbocycles. The third kappa shape index (κ3) is 3.54. The molecule has 2 aliphatic rings. The molecule has 0 spiro atoms. The van der Waals surface area contributed by atoms with Crippen molar-refractivity contribution in [3.63, 3.8) is 0 Å². The zero-order valence-electron chi connectivity index (χ0n) is 18.5. The van der Waals surface area contributed by atoms with Crippen molar-refractivity contribution < 1.29 is 13.9 Å². The Morgan fingerprint density at radius 3 is 2.76 bits per heavy atom. The minimum absolute atomic E-state index is 0.0161. The molecular weight excluding hydrogens is 420 g/mol. The van der Waals surface area contributed by atoms with Gasteiger partial charge in [-0.1, -0.05) is 0 Å². The van der Waals surface area contributed by atoms with E-state index in [-0.39, 0.29) is 17.9 Å². The van der Waals surface area contributed by atoms with E-state index in [1.54, 1.807) is 19.5 Å². The number of amides is 1. The number of rotatable bonds is 6. The van der Waals surface area contributed by atoms with E-state index in [2.05, 4.69) is 25.5 Å². The number of aromatic nitrogens is 3. The average molecular weight is 444 g/mol. The second-order valence-corrected chi connectivity index (χ2v) is 8.58. The van der Waals surface area contributed by atoms with Gasteiger partial charge in [0.2, 0.25) is 11.8 Å². The van der Waals surface area contributed by atoms with Gasteiger partial charge in [-0.05, 0) is 37.1 Å². The number of anilines is 3. The molecule has 2 N–H and O–H groups in total. The molecule has 6 rings (SSSR count). The lowest BCUT2D eigenvalue weighted by molar-refractivity contribution is -0.117. The fourth-order valence-electron chi connectivity index (χ4n) is 4.17. The maximum absolute atomic E-state index is 12.2. The molecule has 2 fully saturated rings. The number of ether oxygens (including phenoxy) is 1. The van der Waals surface area contributed by atoms with E-state index in [0.717, 1.165) is 53.5 Å². The number of oxazole rings is 1. The number of hydrogen-bond donors (Lipinski definition) is 2. The van der Waals surface area contributed by atoms with Crippen LogP contribution in [0, 0.1) is 5.92 Å². The van der Waals surface area contributed by atoms with Crippen molar-refractivity contribution in [2.24, 2.45) is 5.92 Å². The van der Waals surface area contributed by atoms with Crippen LogP contribution in [0.15, 0.2) is 41.1 Å². The molecule has 4 heterocycles. The SMILES string of the molecule is CNc1ncc(-c2nc3cc(N4CC(OC)C4)ccc3o2)c2cc(NC(=O)C3CC3)ncc12. The van der Waals surface area contributed by atoms with Crippen LogP contribution in [0.3, 0.4) is 0 Å². The standard InChI is InChI=1S/C24H24N6O3/c1-25-22-17-9-26-21(29-23(31)13-3-4-13)8-16(17)18(10-27-22)24-28-19-7-14(5-6-20(19)33-24)30-11-15(12-30)32-2/h5-10,13,15H,3-4,11-12H2,1-2H3,(H,25,27)(H,26,29,31). The first-order valence-corrected chi connectivity index (χ1v) is 11.1. The highest BCUT2D eigenvalue weighted by atomic mass is 16.5. The van der Waals surface area contributed by atoms with Crippen LogP contribution in [0.4, 0.5) is 17.3 Å². The Kier molecular flexibility index (Phi) is 4.65. The number of nitrogens with zero attached hydrogens (tertiary/aromatic N) is 4. The quantitative estimate of drug-likeness (QED) is 0.464. The van der Waals surface area contributed by atoms with Gasteiger partial charge in [0.15, 0.2) is 5.58 Å². The Bertz CT molecular complexity index is 1370. The van der Waals surface area contributed by atoms with Crippen molar-refractivity contribution >= 4 is 45.1 Å². The number of benzene rings is 1. The second-order valence-electron chi connectivity index (χ2n) is 8.58. The summed E-state index contributed by atoms with van der Waals surface area (Å²) in [7, 11) is 3.56. The number of pyridine rings is 2. The highest BCUT2D eigenvalue weighted by molar-refractivity contribution is 6.03. The van der Waals surface area contributed by atoms with E-state index >= 15 is 0 Å². The first kappa shape index (κ1) is 19.9. The zero-order chi connectivity index (χ0) is 22.5. The molecule has 168 valence electrons. The summed E-state index contributed by atoms with van der Waals surface area (Å²) in [5.41, 5.74) is 3.33. The van der Waals surface area contributed by atoms with E-state index in [1.807, 2.05) is 31.3 Å². The van der Waals surface area contributed by atoms with Crippen LogP contribution in [-0.2, 0) is 9.53 Å². The molecule has 9 heteroatoms. The van der Waals surface area contributed by atoms with Gasteiger partial charge in [-0.2, -0.15) is 0 Å². The highest BCUT2D eigenvalue weighted by Gasteiger charge is 2.30. The van der Waals surface area contributed by atoms with Crippen molar-refractivity contribution in [2.75, 3.05) is 42.8 Å². The Balaban J connectivity index is 1.39. The number of nitrogens with one attached hydrogen (secondary N) is 2. The van der Waals surface area contributed by atoms with Gasteiger partial charge in [-0.3, -0.25) is 4.79 Å². The van der Waals surface area contributed by atoms with Crippen molar-refractivity contribution in [2.45, 2.75) is 18.9 Å². The number of carbonyl (C=O) groups is 1. The summed E-state index contributed by atoms with van der Waals surface area (Å²) < 4.78 is 11.5. The minimum Gasteiger partial charge on any atom is -0.436 e. The van der Waals surface area contributed by atoms with E-state index in [9.17, 15) is 4.79 Å². The van der Waals surface area contributed by atoms with Crippen molar-refractivity contribution in [1.82, 2.24) is 15.0 Å². The first-order chi connectivity index (χ1) is 16.1. The third-order valence-electron chi connectivity index (χ3n) is 6.36. The van der Waals surface area contributed by atoms with Gasteiger partial charge >= 0.3 is 0 Å². The Labute approximate surface area is 190 Å². The minimum atomic E-state index is 0.0161. The van der Waals surface area contributed by atoms with Gasteiger partial charge < -0.3 is 24.7 Å². The van der Waals surface area contributed by atoms with Crippen LogP contribution in [0.1, 0.15) is 12.8 Å². The summed E-state index contributed by atoms with van der Waals surface area (Å²) in [6.07, 6.45) is 5.61. The van der Waals surface area contributed by atoms with Crippen molar-refractivity contribution in [1.29, 1.82) is 0 Å². The molecular formula is C24H24N6O3. The Morgan fingerprint density at radius 2 is 2.00 bits per heavy atom. The molecule has 1 amide bonds. The van der Waals surface area contributed by atoms with Gasteiger partial charge in [0.1, 0.15) is 17.2 Å². The number of methoxy groups -OCH3 is 1. The molecule has 1 saturated heterocycles. The molecule has 1 aliphatic carbocycles. The lowest BCUT2D eigenvalue weighted by atomic mass is 10.1. The molecule has 1 aromatic carbocycles. The number of fused-ring (bicyclic) bond motifs is 2. The summed E-state index contributed by atoms with van der Waals surface area (Å²) in [4.78, 5) is 28.2. The van der Waals surface area contributed by atoms with Gasteiger partial charge in [-0.15, -0.1) is 0 Å². The lowest BCUT2D eigenvalue weighted by Crippen LogP contribution is -2.51. The van der Waals surface area contributed by atoms with Crippen LogP contribution < -0.4 is 15.5 Å². The largest absolute Gasteiger partial charge is 0.436 e.